The quantitative estimate of drug-likeness (QED) is 0.929. The van der Waals surface area contributed by atoms with E-state index in [1.54, 1.807) is 12.1 Å². The Kier molecular flexibility index (Phi) is 3.62. The van der Waals surface area contributed by atoms with Gasteiger partial charge in [0.15, 0.2) is 11.6 Å². The lowest BCUT2D eigenvalue weighted by Crippen LogP contribution is -1.97. The molecule has 0 saturated carbocycles. The van der Waals surface area contributed by atoms with Crippen molar-refractivity contribution in [2.45, 2.75) is 0 Å². The summed E-state index contributed by atoms with van der Waals surface area (Å²) < 4.78 is 19.1. The molecule has 0 unspecified atom stereocenters. The second-order valence-electron chi connectivity index (χ2n) is 3.48. The van der Waals surface area contributed by atoms with Gasteiger partial charge in [-0.05, 0) is 46.3 Å². The molecule has 2 rings (SSSR count). The van der Waals surface area contributed by atoms with Gasteiger partial charge < -0.3 is 9.84 Å². The van der Waals surface area contributed by atoms with Gasteiger partial charge in [-0.3, -0.25) is 0 Å². The Morgan fingerprint density at radius 1 is 1.22 bits per heavy atom. The van der Waals surface area contributed by atoms with Crippen molar-refractivity contribution in [3.05, 3.63) is 58.3 Å². The zero-order valence-corrected chi connectivity index (χ0v) is 10.6. The maximum Gasteiger partial charge on any atom is 0.336 e. The number of benzene rings is 2. The molecule has 0 saturated heterocycles. The molecule has 0 aliphatic carbocycles. The number of para-hydroxylation sites is 1. The van der Waals surface area contributed by atoms with E-state index in [1.807, 2.05) is 0 Å². The summed E-state index contributed by atoms with van der Waals surface area (Å²) in [5, 5.41) is 8.86. The summed E-state index contributed by atoms with van der Waals surface area (Å²) in [6.07, 6.45) is 0. The van der Waals surface area contributed by atoms with Crippen molar-refractivity contribution in [3.8, 4) is 11.5 Å². The van der Waals surface area contributed by atoms with Gasteiger partial charge in [0.1, 0.15) is 5.75 Å². The minimum atomic E-state index is -1.04. The molecule has 3 nitrogen and oxygen atoms in total. The minimum absolute atomic E-state index is 0.0903. The predicted octanol–water partition coefficient (Wildman–Crippen LogP) is 4.08. The van der Waals surface area contributed by atoms with Crippen LogP contribution < -0.4 is 4.74 Å². The Morgan fingerprint density at radius 3 is 2.56 bits per heavy atom. The van der Waals surface area contributed by atoms with E-state index < -0.39 is 11.8 Å². The topological polar surface area (TPSA) is 46.5 Å². The molecule has 92 valence electrons. The SMILES string of the molecule is O=C(O)c1ccc(Oc2ccccc2F)cc1Br. The second-order valence-corrected chi connectivity index (χ2v) is 4.33. The summed E-state index contributed by atoms with van der Waals surface area (Å²) in [5.74, 6) is -1.07. The summed E-state index contributed by atoms with van der Waals surface area (Å²) in [5.41, 5.74) is 0.121. The number of aromatic carboxylic acids is 1. The van der Waals surface area contributed by atoms with Crippen molar-refractivity contribution >= 4 is 21.9 Å². The smallest absolute Gasteiger partial charge is 0.336 e. The average Bonchev–Trinajstić information content (AvgIpc) is 2.32. The third kappa shape index (κ3) is 2.68. The van der Waals surface area contributed by atoms with Crippen LogP contribution in [-0.4, -0.2) is 11.1 Å². The number of rotatable bonds is 3. The molecule has 0 heterocycles. The van der Waals surface area contributed by atoms with Crippen LogP contribution in [0.4, 0.5) is 4.39 Å². The van der Waals surface area contributed by atoms with Gasteiger partial charge >= 0.3 is 5.97 Å². The van der Waals surface area contributed by atoms with Crippen LogP contribution in [0, 0.1) is 5.82 Å². The van der Waals surface area contributed by atoms with Gasteiger partial charge in [0.25, 0.3) is 0 Å². The fourth-order valence-corrected chi connectivity index (χ4v) is 1.91. The number of hydrogen-bond acceptors (Lipinski definition) is 2. The first-order valence-corrected chi connectivity index (χ1v) is 5.82. The van der Waals surface area contributed by atoms with E-state index in [0.29, 0.717) is 10.2 Å². The van der Waals surface area contributed by atoms with Crippen molar-refractivity contribution in [2.24, 2.45) is 0 Å². The molecule has 0 atom stereocenters. The van der Waals surface area contributed by atoms with Crippen LogP contribution in [0.2, 0.25) is 0 Å². The first-order chi connectivity index (χ1) is 8.58. The highest BCUT2D eigenvalue weighted by atomic mass is 79.9. The molecule has 0 aliphatic rings. The fourth-order valence-electron chi connectivity index (χ4n) is 1.39. The van der Waals surface area contributed by atoms with Gasteiger partial charge in [-0.15, -0.1) is 0 Å². The monoisotopic (exact) mass is 310 g/mol. The first-order valence-electron chi connectivity index (χ1n) is 5.03. The molecule has 0 bridgehead atoms. The standard InChI is InChI=1S/C13H8BrFO3/c14-10-7-8(5-6-9(10)13(16)17)18-12-4-2-1-3-11(12)15/h1-7H,(H,16,17). The normalized spacial score (nSPS) is 10.1. The average molecular weight is 311 g/mol. The maximum atomic E-state index is 13.4. The molecule has 0 amide bonds. The third-order valence-corrected chi connectivity index (χ3v) is 2.89. The number of ether oxygens (including phenoxy) is 1. The summed E-state index contributed by atoms with van der Waals surface area (Å²) in [6.45, 7) is 0. The molecular weight excluding hydrogens is 303 g/mol. The Hall–Kier alpha value is -1.88. The summed E-state index contributed by atoms with van der Waals surface area (Å²) in [7, 11) is 0. The van der Waals surface area contributed by atoms with Crippen molar-refractivity contribution < 1.29 is 19.0 Å². The number of halogens is 2. The molecule has 18 heavy (non-hydrogen) atoms. The predicted molar refractivity (Wildman–Crippen MR) is 67.6 cm³/mol. The highest BCUT2D eigenvalue weighted by Gasteiger charge is 2.10. The molecule has 0 spiro atoms. The molecule has 5 heteroatoms. The van der Waals surface area contributed by atoms with Crippen LogP contribution in [0.1, 0.15) is 10.4 Å². The van der Waals surface area contributed by atoms with E-state index in [0.717, 1.165) is 0 Å². The van der Waals surface area contributed by atoms with Crippen molar-refractivity contribution in [1.82, 2.24) is 0 Å². The molecule has 2 aromatic carbocycles. The lowest BCUT2D eigenvalue weighted by Gasteiger charge is -2.07. The molecule has 0 fully saturated rings. The van der Waals surface area contributed by atoms with Gasteiger partial charge in [0.2, 0.25) is 0 Å². The molecule has 0 radical (unpaired) electrons. The maximum absolute atomic E-state index is 13.4. The Labute approximate surface area is 111 Å². The fraction of sp³-hybridized carbons (Fsp3) is 0. The van der Waals surface area contributed by atoms with E-state index in [4.69, 9.17) is 9.84 Å². The second kappa shape index (κ2) is 5.18. The molecule has 2 aromatic rings. The Bertz CT molecular complexity index is 599. The third-order valence-electron chi connectivity index (χ3n) is 2.24. The summed E-state index contributed by atoms with van der Waals surface area (Å²) in [6, 6.07) is 10.3. The molecule has 0 aliphatic heterocycles. The zero-order valence-electron chi connectivity index (χ0n) is 9.06. The van der Waals surface area contributed by atoms with E-state index in [1.165, 1.54) is 30.3 Å². The van der Waals surface area contributed by atoms with Crippen molar-refractivity contribution in [2.75, 3.05) is 0 Å². The van der Waals surface area contributed by atoms with E-state index in [-0.39, 0.29) is 11.3 Å². The first kappa shape index (κ1) is 12.6. The highest BCUT2D eigenvalue weighted by molar-refractivity contribution is 9.10. The van der Waals surface area contributed by atoms with Gasteiger partial charge in [0.05, 0.1) is 5.56 Å². The van der Waals surface area contributed by atoms with Crippen LogP contribution in [0.15, 0.2) is 46.9 Å². The lowest BCUT2D eigenvalue weighted by atomic mass is 10.2. The number of carboxylic acids is 1. The Balaban J connectivity index is 2.29. The minimum Gasteiger partial charge on any atom is -0.478 e. The van der Waals surface area contributed by atoms with Gasteiger partial charge in [-0.2, -0.15) is 0 Å². The van der Waals surface area contributed by atoms with E-state index >= 15 is 0 Å². The summed E-state index contributed by atoms with van der Waals surface area (Å²) >= 11 is 3.13. The van der Waals surface area contributed by atoms with Crippen molar-refractivity contribution in [1.29, 1.82) is 0 Å². The van der Waals surface area contributed by atoms with Gasteiger partial charge in [0, 0.05) is 4.47 Å². The number of carboxylic acid groups (broad SMARTS) is 1. The molecule has 1 N–H and O–H groups in total. The van der Waals surface area contributed by atoms with Crippen LogP contribution in [0.25, 0.3) is 0 Å². The number of carbonyl (C=O) groups is 1. The van der Waals surface area contributed by atoms with E-state index in [9.17, 15) is 9.18 Å². The Morgan fingerprint density at radius 2 is 1.94 bits per heavy atom. The largest absolute Gasteiger partial charge is 0.478 e. The zero-order chi connectivity index (χ0) is 13.1. The molecule has 0 aromatic heterocycles. The molecular formula is C13H8BrFO3. The van der Waals surface area contributed by atoms with Crippen molar-refractivity contribution in [3.63, 3.8) is 0 Å². The van der Waals surface area contributed by atoms with Gasteiger partial charge in [-0.25, -0.2) is 9.18 Å². The van der Waals surface area contributed by atoms with Crippen LogP contribution in [0.5, 0.6) is 11.5 Å². The highest BCUT2D eigenvalue weighted by Crippen LogP contribution is 2.28. The van der Waals surface area contributed by atoms with Crippen LogP contribution in [0.3, 0.4) is 0 Å². The van der Waals surface area contributed by atoms with Crippen LogP contribution >= 0.6 is 15.9 Å². The van der Waals surface area contributed by atoms with Gasteiger partial charge in [-0.1, -0.05) is 12.1 Å². The lowest BCUT2D eigenvalue weighted by molar-refractivity contribution is 0.0696. The number of hydrogen-bond donors (Lipinski definition) is 1. The summed E-state index contributed by atoms with van der Waals surface area (Å²) in [4.78, 5) is 10.8. The van der Waals surface area contributed by atoms with Crippen LogP contribution in [-0.2, 0) is 0 Å². The van der Waals surface area contributed by atoms with E-state index in [2.05, 4.69) is 15.9 Å².